The molecule has 1 heterocycles. The molecule has 1 aromatic rings. The van der Waals surface area contributed by atoms with Crippen LogP contribution < -0.4 is 4.90 Å². The van der Waals surface area contributed by atoms with Crippen molar-refractivity contribution in [3.63, 3.8) is 0 Å². The molecule has 0 bridgehead atoms. The van der Waals surface area contributed by atoms with E-state index in [9.17, 15) is 9.59 Å². The number of anilines is 1. The molecule has 1 saturated carbocycles. The van der Waals surface area contributed by atoms with Crippen LogP contribution in [0.5, 0.6) is 0 Å². The Bertz CT molecular complexity index is 488. The van der Waals surface area contributed by atoms with Crippen molar-refractivity contribution in [3.05, 3.63) is 29.8 Å². The van der Waals surface area contributed by atoms with Crippen LogP contribution in [0.25, 0.3) is 0 Å². The second kappa shape index (κ2) is 2.94. The van der Waals surface area contributed by atoms with Crippen molar-refractivity contribution in [1.29, 1.82) is 0 Å². The normalized spacial score (nSPS) is 21.9. The number of benzene rings is 1. The summed E-state index contributed by atoms with van der Waals surface area (Å²) in [5.41, 5.74) is 1.33. The first kappa shape index (κ1) is 9.58. The van der Waals surface area contributed by atoms with Crippen LogP contribution in [0, 0.1) is 12.3 Å². The van der Waals surface area contributed by atoms with Gasteiger partial charge in [0.1, 0.15) is 5.41 Å². The number of hydrogen-bond acceptors (Lipinski definition) is 2. The minimum Gasteiger partial charge on any atom is -0.304 e. The van der Waals surface area contributed by atoms with Gasteiger partial charge in [0.05, 0.1) is 6.54 Å². The summed E-state index contributed by atoms with van der Waals surface area (Å²) in [5, 5.41) is 0. The largest absolute Gasteiger partial charge is 0.304 e. The average molecular weight is 215 g/mol. The van der Waals surface area contributed by atoms with E-state index in [0.717, 1.165) is 24.1 Å². The number of rotatable bonds is 1. The van der Waals surface area contributed by atoms with Crippen LogP contribution in [0.15, 0.2) is 24.3 Å². The summed E-state index contributed by atoms with van der Waals surface area (Å²) in [5.74, 6) is 0.0992. The SMILES string of the molecule is Cc1cccc(N2CC(=O)C3(CC3)C2=O)c1. The number of Topliss-reactive ketones (excluding diaryl/α,β-unsaturated/α-hetero) is 1. The fourth-order valence-electron chi connectivity index (χ4n) is 2.37. The van der Waals surface area contributed by atoms with Gasteiger partial charge in [-0.15, -0.1) is 0 Å². The predicted molar refractivity (Wildman–Crippen MR) is 60.2 cm³/mol. The van der Waals surface area contributed by atoms with Crippen LogP contribution >= 0.6 is 0 Å². The van der Waals surface area contributed by atoms with Gasteiger partial charge in [-0.05, 0) is 37.5 Å². The van der Waals surface area contributed by atoms with E-state index in [1.165, 1.54) is 0 Å². The topological polar surface area (TPSA) is 37.4 Å². The molecule has 0 radical (unpaired) electrons. The molecule has 82 valence electrons. The van der Waals surface area contributed by atoms with Crippen molar-refractivity contribution < 1.29 is 9.59 Å². The lowest BCUT2D eigenvalue weighted by atomic mass is 10.1. The van der Waals surface area contributed by atoms with Crippen LogP contribution in [-0.2, 0) is 9.59 Å². The molecule has 1 saturated heterocycles. The summed E-state index contributed by atoms with van der Waals surface area (Å²) in [6, 6.07) is 7.74. The quantitative estimate of drug-likeness (QED) is 0.668. The molecular weight excluding hydrogens is 202 g/mol. The molecule has 0 atom stereocenters. The van der Waals surface area contributed by atoms with Crippen molar-refractivity contribution in [3.8, 4) is 0 Å². The zero-order valence-corrected chi connectivity index (χ0v) is 9.19. The third kappa shape index (κ3) is 1.14. The molecule has 3 nitrogen and oxygen atoms in total. The maximum absolute atomic E-state index is 12.1. The third-order valence-electron chi connectivity index (χ3n) is 3.55. The highest BCUT2D eigenvalue weighted by atomic mass is 16.2. The second-order valence-electron chi connectivity index (χ2n) is 4.74. The Labute approximate surface area is 94.1 Å². The van der Waals surface area contributed by atoms with Crippen LogP contribution in [-0.4, -0.2) is 18.2 Å². The number of hydrogen-bond donors (Lipinski definition) is 0. The van der Waals surface area contributed by atoms with Gasteiger partial charge in [-0.2, -0.15) is 0 Å². The van der Waals surface area contributed by atoms with Gasteiger partial charge < -0.3 is 4.90 Å². The number of carbonyl (C=O) groups excluding carboxylic acids is 2. The Morgan fingerprint density at radius 1 is 1.25 bits per heavy atom. The smallest absolute Gasteiger partial charge is 0.241 e. The molecule has 1 aliphatic carbocycles. The highest BCUT2D eigenvalue weighted by Gasteiger charge is 2.62. The summed E-state index contributed by atoms with van der Waals surface area (Å²) in [6.07, 6.45) is 1.49. The fraction of sp³-hybridized carbons (Fsp3) is 0.385. The highest BCUT2D eigenvalue weighted by Crippen LogP contribution is 2.52. The van der Waals surface area contributed by atoms with Gasteiger partial charge in [0.15, 0.2) is 5.78 Å². The Morgan fingerprint density at radius 3 is 2.56 bits per heavy atom. The lowest BCUT2D eigenvalue weighted by Crippen LogP contribution is -2.27. The Balaban J connectivity index is 1.98. The molecule has 1 aliphatic heterocycles. The monoisotopic (exact) mass is 215 g/mol. The number of carbonyl (C=O) groups is 2. The van der Waals surface area contributed by atoms with Gasteiger partial charge in [-0.1, -0.05) is 12.1 Å². The predicted octanol–water partition coefficient (Wildman–Crippen LogP) is 1.69. The molecule has 2 aliphatic rings. The minimum atomic E-state index is -0.621. The van der Waals surface area contributed by atoms with Crippen LogP contribution in [0.2, 0.25) is 0 Å². The van der Waals surface area contributed by atoms with Crippen LogP contribution in [0.3, 0.4) is 0 Å². The van der Waals surface area contributed by atoms with Crippen molar-refractivity contribution in [2.45, 2.75) is 19.8 Å². The van der Waals surface area contributed by atoms with Crippen molar-refractivity contribution in [2.24, 2.45) is 5.41 Å². The third-order valence-corrected chi connectivity index (χ3v) is 3.55. The Morgan fingerprint density at radius 2 is 2.00 bits per heavy atom. The standard InChI is InChI=1S/C13H13NO2/c1-9-3-2-4-10(7-9)14-8-11(15)13(5-6-13)12(14)16/h2-4,7H,5-6,8H2,1H3. The van der Waals surface area contributed by atoms with Gasteiger partial charge in [-0.3, -0.25) is 9.59 Å². The molecule has 16 heavy (non-hydrogen) atoms. The van der Waals surface area contributed by atoms with Crippen molar-refractivity contribution in [1.82, 2.24) is 0 Å². The zero-order valence-electron chi connectivity index (χ0n) is 9.19. The van der Waals surface area contributed by atoms with Gasteiger partial charge in [0, 0.05) is 5.69 Å². The highest BCUT2D eigenvalue weighted by molar-refractivity contribution is 6.23. The van der Waals surface area contributed by atoms with E-state index >= 15 is 0 Å². The number of amides is 1. The molecule has 0 aromatic heterocycles. The zero-order chi connectivity index (χ0) is 11.3. The first-order valence-electron chi connectivity index (χ1n) is 5.55. The maximum Gasteiger partial charge on any atom is 0.241 e. The lowest BCUT2D eigenvalue weighted by Gasteiger charge is -2.15. The molecule has 1 spiro atoms. The molecular formula is C13H13NO2. The summed E-state index contributed by atoms with van der Waals surface area (Å²) in [6.45, 7) is 2.24. The van der Waals surface area contributed by atoms with Crippen molar-refractivity contribution in [2.75, 3.05) is 11.4 Å². The summed E-state index contributed by atoms with van der Waals surface area (Å²) < 4.78 is 0. The Hall–Kier alpha value is -1.64. The molecule has 1 aromatic carbocycles. The van der Waals surface area contributed by atoms with Gasteiger partial charge in [0.25, 0.3) is 0 Å². The van der Waals surface area contributed by atoms with E-state index in [0.29, 0.717) is 0 Å². The van der Waals surface area contributed by atoms with E-state index in [1.54, 1.807) is 4.90 Å². The van der Waals surface area contributed by atoms with E-state index in [4.69, 9.17) is 0 Å². The molecule has 0 N–H and O–H groups in total. The minimum absolute atomic E-state index is 0.00287. The van der Waals surface area contributed by atoms with Crippen LogP contribution in [0.4, 0.5) is 5.69 Å². The Kier molecular flexibility index (Phi) is 1.76. The summed E-state index contributed by atoms with van der Waals surface area (Å²) in [4.78, 5) is 25.5. The van der Waals surface area contributed by atoms with Gasteiger partial charge in [-0.25, -0.2) is 0 Å². The maximum atomic E-state index is 12.1. The summed E-state index contributed by atoms with van der Waals surface area (Å²) >= 11 is 0. The average Bonchev–Trinajstić information content (AvgIpc) is 3.01. The second-order valence-corrected chi connectivity index (χ2v) is 4.74. The number of ketones is 1. The molecule has 1 amide bonds. The van der Waals surface area contributed by atoms with E-state index in [-0.39, 0.29) is 18.2 Å². The molecule has 3 heteroatoms. The van der Waals surface area contributed by atoms with E-state index in [2.05, 4.69) is 0 Å². The lowest BCUT2D eigenvalue weighted by molar-refractivity contribution is -0.128. The number of aryl methyl sites for hydroxylation is 1. The van der Waals surface area contributed by atoms with Crippen molar-refractivity contribution >= 4 is 17.4 Å². The van der Waals surface area contributed by atoms with Crippen LogP contribution in [0.1, 0.15) is 18.4 Å². The van der Waals surface area contributed by atoms with E-state index < -0.39 is 5.41 Å². The first-order valence-corrected chi connectivity index (χ1v) is 5.55. The van der Waals surface area contributed by atoms with Gasteiger partial charge in [0.2, 0.25) is 5.91 Å². The molecule has 0 unspecified atom stereocenters. The van der Waals surface area contributed by atoms with E-state index in [1.807, 2.05) is 31.2 Å². The molecule has 3 rings (SSSR count). The first-order chi connectivity index (χ1) is 7.63. The fourth-order valence-corrected chi connectivity index (χ4v) is 2.37. The van der Waals surface area contributed by atoms with Gasteiger partial charge >= 0.3 is 0 Å². The number of nitrogens with zero attached hydrogens (tertiary/aromatic N) is 1. The summed E-state index contributed by atoms with van der Waals surface area (Å²) in [7, 11) is 0. The molecule has 2 fully saturated rings.